The van der Waals surface area contributed by atoms with Crippen LogP contribution in [-0.4, -0.2) is 191 Å². The van der Waals surface area contributed by atoms with Crippen molar-refractivity contribution in [2.75, 3.05) is 32.9 Å². The number of nitrogens with two attached hydrogens (primary N) is 1. The molecule has 0 spiro atoms. The molecule has 0 aromatic rings. The molecule has 2 rings (SSSR count). The molecule has 0 bridgehead atoms. The van der Waals surface area contributed by atoms with Gasteiger partial charge in [0.25, 0.3) is 0 Å². The minimum absolute atomic E-state index is 0. The summed E-state index contributed by atoms with van der Waals surface area (Å²) >= 11 is 0. The highest BCUT2D eigenvalue weighted by molar-refractivity contribution is 6.35. The Bertz CT molecular complexity index is 1220. The average molecular weight is 864 g/mol. The van der Waals surface area contributed by atoms with Crippen molar-refractivity contribution in [2.45, 2.75) is 171 Å². The highest BCUT2D eigenvalue weighted by atomic mass is 35.5. The zero-order valence-electron chi connectivity index (χ0n) is 35.1. The number of nitrogens with one attached hydrogen (secondary N) is 5. The summed E-state index contributed by atoms with van der Waals surface area (Å²) in [5.74, 6) is -3.28. The Balaban J connectivity index is 0. The first-order chi connectivity index (χ1) is 26.0. The number of carbonyl (C=O) groups excluding carboxylic acids is 4. The lowest BCUT2D eigenvalue weighted by molar-refractivity contribution is -0.155. The fourth-order valence-corrected chi connectivity index (χ4v) is 7.20. The molecule has 2 aliphatic heterocycles. The number of rotatable bonds is 14. The van der Waals surface area contributed by atoms with Crippen LogP contribution in [0.2, 0.25) is 0 Å². The van der Waals surface area contributed by atoms with Gasteiger partial charge in [0, 0.05) is 47.3 Å². The van der Waals surface area contributed by atoms with Crippen molar-refractivity contribution >= 4 is 23.7 Å². The summed E-state index contributed by atoms with van der Waals surface area (Å²) in [6.07, 6.45) is -9.91. The lowest BCUT2D eigenvalue weighted by Crippen LogP contribution is -3.00. The molecular weight excluding hydrogens is 792 g/mol. The summed E-state index contributed by atoms with van der Waals surface area (Å²) in [6, 6.07) is -0.209. The average Bonchev–Trinajstić information content (AvgIpc) is 3.09. The van der Waals surface area contributed by atoms with E-state index in [1.165, 1.54) is 0 Å². The molecule has 58 heavy (non-hydrogen) atoms. The monoisotopic (exact) mass is 863 g/mol. The molecule has 344 valence electrons. The SMILES string of the molecule is CC1(C)CC(NC(=O)C(=O)NCC(O)C(O)C(O)C(O)CO)CC(C)(C)N1.CCOC(=O)C(=O)NC1CC(C)(C)NC(C)(C)C1.NCC(O)C(O)C(O)C(O)CO.[Cl-]. The summed E-state index contributed by atoms with van der Waals surface area (Å²) in [5, 5.41) is 106. The van der Waals surface area contributed by atoms with Gasteiger partial charge < -0.3 is 101 Å². The van der Waals surface area contributed by atoms with Crippen molar-refractivity contribution in [3.63, 3.8) is 0 Å². The van der Waals surface area contributed by atoms with Crippen LogP contribution in [-0.2, 0) is 23.9 Å². The maximum Gasteiger partial charge on any atom is 0.396 e. The van der Waals surface area contributed by atoms with Gasteiger partial charge in [0.05, 0.1) is 32.0 Å². The molecule has 3 amide bonds. The second kappa shape index (κ2) is 25.4. The Morgan fingerprint density at radius 3 is 1.26 bits per heavy atom. The molecule has 8 unspecified atom stereocenters. The molecule has 2 aliphatic rings. The van der Waals surface area contributed by atoms with Gasteiger partial charge >= 0.3 is 23.7 Å². The summed E-state index contributed by atoms with van der Waals surface area (Å²) < 4.78 is 4.68. The number of amides is 3. The molecule has 0 aromatic carbocycles. The Hall–Kier alpha value is -2.35. The van der Waals surface area contributed by atoms with Crippen LogP contribution in [0.3, 0.4) is 0 Å². The van der Waals surface area contributed by atoms with E-state index < -0.39 is 92.3 Å². The zero-order valence-corrected chi connectivity index (χ0v) is 35.9. The number of carbonyl (C=O) groups is 4. The third kappa shape index (κ3) is 21.3. The van der Waals surface area contributed by atoms with Gasteiger partial charge in [-0.3, -0.25) is 14.4 Å². The predicted molar refractivity (Wildman–Crippen MR) is 206 cm³/mol. The molecular formula is C36H72ClN6O15-. The van der Waals surface area contributed by atoms with Crippen LogP contribution >= 0.6 is 0 Å². The summed E-state index contributed by atoms with van der Waals surface area (Å²) in [5.41, 5.74) is 4.45. The fourth-order valence-electron chi connectivity index (χ4n) is 7.20. The summed E-state index contributed by atoms with van der Waals surface area (Å²) in [4.78, 5) is 46.9. The molecule has 0 aromatic heterocycles. The van der Waals surface area contributed by atoms with Crippen LogP contribution in [0.1, 0.15) is 88.0 Å². The predicted octanol–water partition coefficient (Wildman–Crippen LogP) is -8.68. The van der Waals surface area contributed by atoms with Gasteiger partial charge in [-0.15, -0.1) is 0 Å². The van der Waals surface area contributed by atoms with Gasteiger partial charge in [0.15, 0.2) is 0 Å². The van der Waals surface area contributed by atoms with E-state index in [-0.39, 0.29) is 59.8 Å². The lowest BCUT2D eigenvalue weighted by atomic mass is 9.79. The zero-order chi connectivity index (χ0) is 44.7. The first-order valence-electron chi connectivity index (χ1n) is 19.0. The number of hydrogen-bond donors (Lipinski definition) is 16. The molecule has 21 nitrogen and oxygen atoms in total. The second-order valence-corrected chi connectivity index (χ2v) is 17.2. The van der Waals surface area contributed by atoms with Crippen molar-refractivity contribution in [3.8, 4) is 0 Å². The van der Waals surface area contributed by atoms with Crippen LogP contribution in [0.15, 0.2) is 0 Å². The van der Waals surface area contributed by atoms with Crippen LogP contribution in [0.5, 0.6) is 0 Å². The minimum Gasteiger partial charge on any atom is -1.00 e. The molecule has 0 aliphatic carbocycles. The number of ether oxygens (including phenoxy) is 1. The second-order valence-electron chi connectivity index (χ2n) is 17.2. The number of esters is 1. The van der Waals surface area contributed by atoms with Crippen LogP contribution in [0, 0.1) is 0 Å². The number of piperidine rings is 2. The third-order valence-corrected chi connectivity index (χ3v) is 9.08. The van der Waals surface area contributed by atoms with Crippen molar-refractivity contribution in [2.24, 2.45) is 5.73 Å². The third-order valence-electron chi connectivity index (χ3n) is 9.08. The molecule has 0 saturated carbocycles. The lowest BCUT2D eigenvalue weighted by Gasteiger charge is -2.46. The molecule has 17 N–H and O–H groups in total. The van der Waals surface area contributed by atoms with Crippen LogP contribution in [0.4, 0.5) is 0 Å². The molecule has 2 heterocycles. The van der Waals surface area contributed by atoms with Crippen LogP contribution in [0.25, 0.3) is 0 Å². The van der Waals surface area contributed by atoms with Crippen molar-refractivity contribution in [1.82, 2.24) is 26.6 Å². The van der Waals surface area contributed by atoms with Crippen molar-refractivity contribution in [1.29, 1.82) is 0 Å². The first kappa shape index (κ1) is 57.7. The van der Waals surface area contributed by atoms with Crippen molar-refractivity contribution < 1.29 is 87.4 Å². The number of halogens is 1. The highest BCUT2D eigenvalue weighted by Crippen LogP contribution is 2.29. The van der Waals surface area contributed by atoms with Crippen LogP contribution < -0.4 is 44.7 Å². The first-order valence-corrected chi connectivity index (χ1v) is 19.0. The van der Waals surface area contributed by atoms with E-state index in [1.807, 2.05) is 27.7 Å². The van der Waals surface area contributed by atoms with Gasteiger partial charge in [0.1, 0.15) is 36.6 Å². The van der Waals surface area contributed by atoms with Gasteiger partial charge in [0.2, 0.25) is 0 Å². The Morgan fingerprint density at radius 1 is 0.603 bits per heavy atom. The quantitative estimate of drug-likeness (QED) is 0.0569. The Labute approximate surface area is 346 Å². The molecule has 2 saturated heterocycles. The number of aliphatic hydroxyl groups is 10. The van der Waals surface area contributed by atoms with E-state index in [0.29, 0.717) is 12.8 Å². The highest BCUT2D eigenvalue weighted by Gasteiger charge is 2.40. The van der Waals surface area contributed by atoms with E-state index in [4.69, 9.17) is 36.4 Å². The molecule has 22 heteroatoms. The summed E-state index contributed by atoms with van der Waals surface area (Å²) in [7, 11) is 0. The fraction of sp³-hybridized carbons (Fsp3) is 0.889. The van der Waals surface area contributed by atoms with E-state index in [9.17, 15) is 39.6 Å². The smallest absolute Gasteiger partial charge is 0.396 e. The Morgan fingerprint density at radius 2 is 0.931 bits per heavy atom. The van der Waals surface area contributed by atoms with E-state index in [2.05, 4.69) is 59.0 Å². The summed E-state index contributed by atoms with van der Waals surface area (Å²) in [6.45, 7) is 16.1. The minimum atomic E-state index is -1.80. The number of aliphatic hydroxyl groups excluding tert-OH is 10. The van der Waals surface area contributed by atoms with Gasteiger partial charge in [-0.05, 0) is 88.0 Å². The van der Waals surface area contributed by atoms with Crippen molar-refractivity contribution in [3.05, 3.63) is 0 Å². The van der Waals surface area contributed by atoms with E-state index >= 15 is 0 Å². The largest absolute Gasteiger partial charge is 1.00 e. The molecule has 8 atom stereocenters. The van der Waals surface area contributed by atoms with Gasteiger partial charge in [-0.1, -0.05) is 0 Å². The van der Waals surface area contributed by atoms with E-state index in [1.54, 1.807) is 6.92 Å². The topological polar surface area (TPSA) is 366 Å². The van der Waals surface area contributed by atoms with Gasteiger partial charge in [-0.25, -0.2) is 4.79 Å². The molecule has 0 radical (unpaired) electrons. The maximum atomic E-state index is 12.1. The standard InChI is InChI=1S/C17H33N3O7.C13H24N2O3.C6H15NO5.ClH/c1-16(2)5-9(6-17(3,4)20-16)19-15(27)14(26)18-7-10(22)12(24)13(25)11(23)8-21;1-6-18-11(17)10(16)14-9-7-12(2,3)15-13(4,5)8-9;7-1-3(9)5(11)6(12)4(10)2-8;/h9-13,20-25H,5-8H2,1-4H3,(H,18,26)(H,19,27);9,15H,6-8H2,1-5H3,(H,14,16);3-6,8-12H,1-2,7H2;1H/p-1. The molecule has 2 fully saturated rings. The maximum absolute atomic E-state index is 12.1. The number of hydrogen-bond acceptors (Lipinski definition) is 18. The van der Waals surface area contributed by atoms with E-state index in [0.717, 1.165) is 12.8 Å². The Kier molecular flexibility index (Phi) is 25.3. The van der Waals surface area contributed by atoms with Gasteiger partial charge in [-0.2, -0.15) is 0 Å². The normalized spacial score (nSPS) is 22.4.